The van der Waals surface area contributed by atoms with Crippen molar-refractivity contribution in [1.29, 1.82) is 0 Å². The topological polar surface area (TPSA) is 56.7 Å². The van der Waals surface area contributed by atoms with Gasteiger partial charge in [0.05, 0.1) is 5.52 Å². The van der Waals surface area contributed by atoms with Crippen molar-refractivity contribution in [2.24, 2.45) is 0 Å². The molecule has 0 unspecified atom stereocenters. The maximum atomic E-state index is 11.3. The number of carboxylic acids is 1. The van der Waals surface area contributed by atoms with Crippen molar-refractivity contribution in [1.82, 2.24) is 9.88 Å². The first-order valence-electron chi connectivity index (χ1n) is 7.10. The lowest BCUT2D eigenvalue weighted by atomic mass is 10.1. The van der Waals surface area contributed by atoms with Gasteiger partial charge in [-0.1, -0.05) is 18.2 Å². The SMILES string of the molecule is Cc1cc(N2CCN(C)[C@@H](C(=O)O)C2)nc2ccccc12. The molecule has 0 aliphatic carbocycles. The number of fused-ring (bicyclic) bond motifs is 1. The van der Waals surface area contributed by atoms with Gasteiger partial charge in [0.15, 0.2) is 0 Å². The highest BCUT2D eigenvalue weighted by Crippen LogP contribution is 2.24. The summed E-state index contributed by atoms with van der Waals surface area (Å²) in [6, 6.07) is 9.61. The van der Waals surface area contributed by atoms with Gasteiger partial charge >= 0.3 is 5.97 Å². The average Bonchev–Trinajstić information content (AvgIpc) is 2.47. The average molecular weight is 285 g/mol. The first-order chi connectivity index (χ1) is 10.1. The molecule has 1 aromatic heterocycles. The molecule has 0 bridgehead atoms. The molecule has 2 aromatic rings. The third-order valence-corrected chi connectivity index (χ3v) is 4.17. The van der Waals surface area contributed by atoms with Crippen molar-refractivity contribution < 1.29 is 9.90 Å². The van der Waals surface area contributed by atoms with Gasteiger partial charge in [0.2, 0.25) is 0 Å². The second-order valence-corrected chi connectivity index (χ2v) is 5.60. The monoisotopic (exact) mass is 285 g/mol. The van der Waals surface area contributed by atoms with E-state index in [-0.39, 0.29) is 0 Å². The molecular formula is C16H19N3O2. The van der Waals surface area contributed by atoms with Crippen molar-refractivity contribution in [2.75, 3.05) is 31.6 Å². The van der Waals surface area contributed by atoms with Crippen LogP contribution in [-0.4, -0.2) is 53.7 Å². The molecule has 1 fully saturated rings. The molecular weight excluding hydrogens is 266 g/mol. The highest BCUT2D eigenvalue weighted by atomic mass is 16.4. The van der Waals surface area contributed by atoms with Crippen LogP contribution in [-0.2, 0) is 4.79 Å². The van der Waals surface area contributed by atoms with Crippen LogP contribution in [0.1, 0.15) is 5.56 Å². The Labute approximate surface area is 123 Å². The minimum Gasteiger partial charge on any atom is -0.480 e. The minimum absolute atomic E-state index is 0.469. The van der Waals surface area contributed by atoms with E-state index >= 15 is 0 Å². The third-order valence-electron chi connectivity index (χ3n) is 4.17. The Morgan fingerprint density at radius 1 is 1.33 bits per heavy atom. The van der Waals surface area contributed by atoms with Crippen LogP contribution in [0.2, 0.25) is 0 Å². The molecule has 1 aliphatic heterocycles. The maximum absolute atomic E-state index is 11.3. The summed E-state index contributed by atoms with van der Waals surface area (Å²) in [4.78, 5) is 20.0. The Morgan fingerprint density at radius 2 is 2.10 bits per heavy atom. The Hall–Kier alpha value is -2.14. The van der Waals surface area contributed by atoms with Gasteiger partial charge in [-0.05, 0) is 31.7 Å². The van der Waals surface area contributed by atoms with E-state index in [4.69, 9.17) is 4.98 Å². The van der Waals surface area contributed by atoms with Crippen LogP contribution in [0.3, 0.4) is 0 Å². The first-order valence-corrected chi connectivity index (χ1v) is 7.10. The van der Waals surface area contributed by atoms with E-state index in [0.29, 0.717) is 6.54 Å². The summed E-state index contributed by atoms with van der Waals surface area (Å²) >= 11 is 0. The first kappa shape index (κ1) is 13.8. The molecule has 21 heavy (non-hydrogen) atoms. The van der Waals surface area contributed by atoms with E-state index < -0.39 is 12.0 Å². The van der Waals surface area contributed by atoms with Gasteiger partial charge < -0.3 is 10.0 Å². The van der Waals surface area contributed by atoms with Crippen molar-refractivity contribution >= 4 is 22.7 Å². The number of piperazine rings is 1. The molecule has 1 aliphatic rings. The number of aromatic nitrogens is 1. The Bertz CT molecular complexity index is 686. The number of anilines is 1. The van der Waals surface area contributed by atoms with Gasteiger partial charge in [-0.25, -0.2) is 4.98 Å². The lowest BCUT2D eigenvalue weighted by molar-refractivity contribution is -0.142. The summed E-state index contributed by atoms with van der Waals surface area (Å²) in [6.07, 6.45) is 0. The van der Waals surface area contributed by atoms with Gasteiger partial charge in [-0.2, -0.15) is 0 Å². The quantitative estimate of drug-likeness (QED) is 0.911. The van der Waals surface area contributed by atoms with Gasteiger partial charge in [0.1, 0.15) is 11.9 Å². The number of hydrogen-bond donors (Lipinski definition) is 1. The molecule has 1 N–H and O–H groups in total. The number of aryl methyl sites for hydroxylation is 1. The molecule has 110 valence electrons. The lowest BCUT2D eigenvalue weighted by Gasteiger charge is -2.38. The number of likely N-dealkylation sites (N-methyl/N-ethyl adjacent to an activating group) is 1. The second kappa shape index (κ2) is 5.33. The van der Waals surface area contributed by atoms with Crippen LogP contribution in [0.4, 0.5) is 5.82 Å². The molecule has 1 aromatic carbocycles. The van der Waals surface area contributed by atoms with E-state index in [1.165, 1.54) is 5.56 Å². The number of carboxylic acid groups (broad SMARTS) is 1. The van der Waals surface area contributed by atoms with Crippen LogP contribution >= 0.6 is 0 Å². The fourth-order valence-electron chi connectivity index (χ4n) is 2.84. The van der Waals surface area contributed by atoms with Gasteiger partial charge in [0, 0.05) is 25.0 Å². The van der Waals surface area contributed by atoms with Gasteiger partial charge in [-0.15, -0.1) is 0 Å². The number of rotatable bonds is 2. The number of carbonyl (C=O) groups is 1. The summed E-state index contributed by atoms with van der Waals surface area (Å²) in [7, 11) is 1.86. The van der Waals surface area contributed by atoms with Gasteiger partial charge in [-0.3, -0.25) is 9.69 Å². The summed E-state index contributed by atoms with van der Waals surface area (Å²) in [6.45, 7) is 4.06. The fourth-order valence-corrected chi connectivity index (χ4v) is 2.84. The summed E-state index contributed by atoms with van der Waals surface area (Å²) in [5, 5.41) is 10.5. The number of hydrogen-bond acceptors (Lipinski definition) is 4. The zero-order valence-electron chi connectivity index (χ0n) is 12.3. The highest BCUT2D eigenvalue weighted by Gasteiger charge is 2.30. The number of benzene rings is 1. The summed E-state index contributed by atoms with van der Waals surface area (Å²) in [5.74, 6) is 0.0882. The standard InChI is InChI=1S/C16H19N3O2/c1-11-9-15(17-13-6-4-3-5-12(11)13)19-8-7-18(2)14(10-19)16(20)21/h3-6,9,14H,7-8,10H2,1-2H3,(H,20,21)/t14-/m1/s1. The van der Waals surface area contributed by atoms with E-state index in [1.807, 2.05) is 36.2 Å². The molecule has 3 rings (SSSR count). The Kier molecular flexibility index (Phi) is 3.51. The Morgan fingerprint density at radius 3 is 2.86 bits per heavy atom. The zero-order valence-corrected chi connectivity index (χ0v) is 12.3. The van der Waals surface area contributed by atoms with Crippen molar-refractivity contribution in [3.05, 3.63) is 35.9 Å². The molecule has 5 nitrogen and oxygen atoms in total. The van der Waals surface area contributed by atoms with Crippen molar-refractivity contribution in [3.8, 4) is 0 Å². The third kappa shape index (κ3) is 2.56. The normalized spacial score (nSPS) is 19.9. The molecule has 0 saturated carbocycles. The van der Waals surface area contributed by atoms with Crippen molar-refractivity contribution in [3.63, 3.8) is 0 Å². The van der Waals surface area contributed by atoms with Crippen LogP contribution in [0.15, 0.2) is 30.3 Å². The zero-order chi connectivity index (χ0) is 15.0. The van der Waals surface area contributed by atoms with E-state index in [9.17, 15) is 9.90 Å². The predicted octanol–water partition coefficient (Wildman–Crippen LogP) is 1.75. The molecule has 5 heteroatoms. The Balaban J connectivity index is 1.95. The molecule has 0 amide bonds. The molecule has 1 saturated heterocycles. The molecule has 0 radical (unpaired) electrons. The molecule has 0 spiro atoms. The maximum Gasteiger partial charge on any atom is 0.322 e. The van der Waals surface area contributed by atoms with Crippen LogP contribution in [0.25, 0.3) is 10.9 Å². The van der Waals surface area contributed by atoms with Gasteiger partial charge in [0.25, 0.3) is 0 Å². The largest absolute Gasteiger partial charge is 0.480 e. The van der Waals surface area contributed by atoms with Crippen LogP contribution in [0, 0.1) is 6.92 Å². The van der Waals surface area contributed by atoms with E-state index in [0.717, 1.165) is 29.8 Å². The van der Waals surface area contributed by atoms with E-state index in [2.05, 4.69) is 17.9 Å². The summed E-state index contributed by atoms with van der Waals surface area (Å²) < 4.78 is 0. The smallest absolute Gasteiger partial charge is 0.322 e. The molecule has 1 atom stereocenters. The van der Waals surface area contributed by atoms with Crippen LogP contribution < -0.4 is 4.90 Å². The van der Waals surface area contributed by atoms with Crippen LogP contribution in [0.5, 0.6) is 0 Å². The minimum atomic E-state index is -0.778. The highest BCUT2D eigenvalue weighted by molar-refractivity contribution is 5.84. The molecule has 2 heterocycles. The predicted molar refractivity (Wildman–Crippen MR) is 82.7 cm³/mol. The second-order valence-electron chi connectivity index (χ2n) is 5.60. The van der Waals surface area contributed by atoms with Crippen molar-refractivity contribution in [2.45, 2.75) is 13.0 Å². The summed E-state index contributed by atoms with van der Waals surface area (Å²) in [5.41, 5.74) is 2.12. The number of para-hydroxylation sites is 1. The number of nitrogens with zero attached hydrogens (tertiary/aromatic N) is 3. The number of pyridine rings is 1. The lowest BCUT2D eigenvalue weighted by Crippen LogP contribution is -2.55. The van der Waals surface area contributed by atoms with E-state index in [1.54, 1.807) is 0 Å². The number of aliphatic carboxylic acids is 1. The fraction of sp³-hybridized carbons (Fsp3) is 0.375.